The zero-order valence-electron chi connectivity index (χ0n) is 17.4. The molecule has 2 saturated heterocycles. The van der Waals surface area contributed by atoms with Gasteiger partial charge in [-0.05, 0) is 30.7 Å². The molecular weight excluding hydrogens is 427 g/mol. The summed E-state index contributed by atoms with van der Waals surface area (Å²) >= 11 is 0. The minimum absolute atomic E-state index is 0.0137. The largest absolute Gasteiger partial charge is 0.453 e. The Labute approximate surface area is 182 Å². The lowest BCUT2D eigenvalue weighted by atomic mass is 9.90. The molecule has 1 N–H and O–H groups in total. The molecule has 0 aliphatic carbocycles. The van der Waals surface area contributed by atoms with E-state index in [4.69, 9.17) is 4.74 Å². The number of aliphatic hydroxyl groups is 1. The van der Waals surface area contributed by atoms with Crippen LogP contribution in [0.1, 0.15) is 33.2 Å². The standard InChI is InChI=1S/C22H22F3N3O4/c1-12-14(8-9-17(26-12)22(23,24)25)15-10-28(21(31)32-2)19-16(29)11-27(18(15)19)20(30)13-6-4-3-5-7-13/h3-9,15-16,18-19,29H,10-11H2,1-2H3/t15?,16-,18+,19+/m0/s1. The molecule has 0 saturated carbocycles. The third kappa shape index (κ3) is 3.68. The van der Waals surface area contributed by atoms with Gasteiger partial charge >= 0.3 is 12.3 Å². The molecular formula is C22H22F3N3O4. The Morgan fingerprint density at radius 2 is 1.75 bits per heavy atom. The summed E-state index contributed by atoms with van der Waals surface area (Å²) in [6.45, 7) is 1.53. The highest BCUT2D eigenvalue weighted by molar-refractivity contribution is 5.95. The molecule has 4 rings (SSSR count). The average Bonchev–Trinajstić information content (AvgIpc) is 3.31. The molecule has 170 valence electrons. The summed E-state index contributed by atoms with van der Waals surface area (Å²) in [6, 6.07) is 9.34. The van der Waals surface area contributed by atoms with Gasteiger partial charge in [-0.2, -0.15) is 13.2 Å². The van der Waals surface area contributed by atoms with Gasteiger partial charge in [0.2, 0.25) is 0 Å². The van der Waals surface area contributed by atoms with Gasteiger partial charge in [0.15, 0.2) is 0 Å². The first-order valence-corrected chi connectivity index (χ1v) is 10.1. The van der Waals surface area contributed by atoms with Crippen molar-refractivity contribution in [3.05, 3.63) is 65.0 Å². The van der Waals surface area contributed by atoms with Gasteiger partial charge in [-0.25, -0.2) is 9.78 Å². The number of aromatic nitrogens is 1. The number of benzene rings is 1. The third-order valence-corrected chi connectivity index (χ3v) is 6.16. The number of β-amino-alcohol motifs (C(OH)–C–C–N with tert-alkyl or cyclic N) is 1. The molecule has 10 heteroatoms. The molecule has 2 aliphatic rings. The van der Waals surface area contributed by atoms with Crippen molar-refractivity contribution in [3.63, 3.8) is 0 Å². The van der Waals surface area contributed by atoms with E-state index in [0.29, 0.717) is 11.1 Å². The van der Waals surface area contributed by atoms with Crippen LogP contribution in [0.5, 0.6) is 0 Å². The number of alkyl halides is 3. The second kappa shape index (κ2) is 8.09. The van der Waals surface area contributed by atoms with Crippen molar-refractivity contribution in [2.24, 2.45) is 0 Å². The van der Waals surface area contributed by atoms with Crippen molar-refractivity contribution in [1.82, 2.24) is 14.8 Å². The molecule has 2 amide bonds. The number of ether oxygens (including phenoxy) is 1. The predicted molar refractivity (Wildman–Crippen MR) is 107 cm³/mol. The summed E-state index contributed by atoms with van der Waals surface area (Å²) in [5.74, 6) is -0.870. The minimum atomic E-state index is -4.58. The topological polar surface area (TPSA) is 83.0 Å². The van der Waals surface area contributed by atoms with E-state index < -0.39 is 42.1 Å². The van der Waals surface area contributed by atoms with Crippen LogP contribution < -0.4 is 0 Å². The lowest BCUT2D eigenvalue weighted by molar-refractivity contribution is -0.141. The van der Waals surface area contributed by atoms with Crippen LogP contribution in [0.25, 0.3) is 0 Å². The van der Waals surface area contributed by atoms with Gasteiger partial charge in [-0.15, -0.1) is 0 Å². The molecule has 2 aliphatic heterocycles. The molecule has 0 radical (unpaired) electrons. The summed E-state index contributed by atoms with van der Waals surface area (Å²) in [4.78, 5) is 32.2. The van der Waals surface area contributed by atoms with E-state index in [1.807, 2.05) is 0 Å². The van der Waals surface area contributed by atoms with E-state index in [0.717, 1.165) is 6.07 Å². The maximum Gasteiger partial charge on any atom is 0.433 e. The van der Waals surface area contributed by atoms with Gasteiger partial charge in [0.1, 0.15) is 5.69 Å². The van der Waals surface area contributed by atoms with E-state index in [9.17, 15) is 27.9 Å². The number of amides is 2. The lowest BCUT2D eigenvalue weighted by Gasteiger charge is -2.29. The van der Waals surface area contributed by atoms with Gasteiger partial charge in [0.05, 0.1) is 25.3 Å². The Morgan fingerprint density at radius 3 is 2.34 bits per heavy atom. The van der Waals surface area contributed by atoms with Crippen LogP contribution in [-0.2, 0) is 10.9 Å². The number of hydrogen-bond acceptors (Lipinski definition) is 5. The van der Waals surface area contributed by atoms with Crippen molar-refractivity contribution in [2.75, 3.05) is 20.2 Å². The number of carbonyl (C=O) groups excluding carboxylic acids is 2. The monoisotopic (exact) mass is 449 g/mol. The highest BCUT2D eigenvalue weighted by Crippen LogP contribution is 2.43. The highest BCUT2D eigenvalue weighted by atomic mass is 19.4. The number of pyridine rings is 1. The van der Waals surface area contributed by atoms with Gasteiger partial charge in [-0.1, -0.05) is 24.3 Å². The number of likely N-dealkylation sites (tertiary alicyclic amines) is 2. The van der Waals surface area contributed by atoms with Crippen LogP contribution in [-0.4, -0.2) is 70.3 Å². The second-order valence-corrected chi connectivity index (χ2v) is 7.97. The number of nitrogens with zero attached hydrogens (tertiary/aromatic N) is 3. The minimum Gasteiger partial charge on any atom is -0.453 e. The van der Waals surface area contributed by atoms with E-state index in [2.05, 4.69) is 4.98 Å². The normalized spacial score (nSPS) is 25.1. The second-order valence-electron chi connectivity index (χ2n) is 7.97. The van der Waals surface area contributed by atoms with Crippen molar-refractivity contribution >= 4 is 12.0 Å². The Balaban J connectivity index is 1.76. The fraction of sp³-hybridized carbons (Fsp3) is 0.409. The maximum absolute atomic E-state index is 13.2. The van der Waals surface area contributed by atoms with E-state index >= 15 is 0 Å². The predicted octanol–water partition coefficient (Wildman–Crippen LogP) is 2.83. The number of hydrogen-bond donors (Lipinski definition) is 1. The summed E-state index contributed by atoms with van der Waals surface area (Å²) in [6.07, 6.45) is -6.29. The number of methoxy groups -OCH3 is 1. The molecule has 4 atom stereocenters. The fourth-order valence-corrected chi connectivity index (χ4v) is 4.81. The van der Waals surface area contributed by atoms with Crippen LogP contribution >= 0.6 is 0 Å². The zero-order valence-corrected chi connectivity index (χ0v) is 17.4. The number of rotatable bonds is 2. The third-order valence-electron chi connectivity index (χ3n) is 6.16. The molecule has 2 fully saturated rings. The number of aryl methyl sites for hydroxylation is 1. The van der Waals surface area contributed by atoms with Crippen molar-refractivity contribution in [3.8, 4) is 0 Å². The Kier molecular flexibility index (Phi) is 5.58. The van der Waals surface area contributed by atoms with Crippen LogP contribution in [0.15, 0.2) is 42.5 Å². The number of halogens is 3. The Hall–Kier alpha value is -3.14. The Morgan fingerprint density at radius 1 is 1.06 bits per heavy atom. The summed E-state index contributed by atoms with van der Waals surface area (Å²) < 4.78 is 44.1. The molecule has 1 aromatic heterocycles. The first-order valence-electron chi connectivity index (χ1n) is 10.1. The van der Waals surface area contributed by atoms with Crippen molar-refractivity contribution < 1.29 is 32.6 Å². The fourth-order valence-electron chi connectivity index (χ4n) is 4.81. The summed E-state index contributed by atoms with van der Waals surface area (Å²) in [5.41, 5.74) is 0.0443. The van der Waals surface area contributed by atoms with E-state index in [1.54, 1.807) is 30.3 Å². The highest BCUT2D eigenvalue weighted by Gasteiger charge is 2.57. The molecule has 1 unspecified atom stereocenters. The van der Waals surface area contributed by atoms with Crippen LogP contribution in [0, 0.1) is 6.92 Å². The number of fused-ring (bicyclic) bond motifs is 1. The van der Waals surface area contributed by atoms with Crippen molar-refractivity contribution in [1.29, 1.82) is 0 Å². The first kappa shape index (κ1) is 22.1. The molecule has 1 aromatic carbocycles. The summed E-state index contributed by atoms with van der Waals surface area (Å²) in [5, 5.41) is 10.8. The molecule has 2 aromatic rings. The first-order chi connectivity index (χ1) is 15.1. The van der Waals surface area contributed by atoms with E-state index in [-0.39, 0.29) is 24.7 Å². The summed E-state index contributed by atoms with van der Waals surface area (Å²) in [7, 11) is 1.21. The number of carbonyl (C=O) groups is 2. The maximum atomic E-state index is 13.2. The zero-order chi connectivity index (χ0) is 23.2. The lowest BCUT2D eigenvalue weighted by Crippen LogP contribution is -2.45. The van der Waals surface area contributed by atoms with Gasteiger partial charge < -0.3 is 14.7 Å². The van der Waals surface area contributed by atoms with Gasteiger partial charge in [0.25, 0.3) is 5.91 Å². The molecule has 0 bridgehead atoms. The van der Waals surface area contributed by atoms with Crippen LogP contribution in [0.4, 0.5) is 18.0 Å². The molecule has 3 heterocycles. The van der Waals surface area contributed by atoms with Crippen LogP contribution in [0.3, 0.4) is 0 Å². The Bertz CT molecular complexity index is 1030. The van der Waals surface area contributed by atoms with Crippen molar-refractivity contribution in [2.45, 2.75) is 37.2 Å². The molecule has 32 heavy (non-hydrogen) atoms. The van der Waals surface area contributed by atoms with E-state index in [1.165, 1.54) is 29.9 Å². The smallest absolute Gasteiger partial charge is 0.433 e. The number of aliphatic hydroxyl groups excluding tert-OH is 1. The van der Waals surface area contributed by atoms with Crippen LogP contribution in [0.2, 0.25) is 0 Å². The van der Waals surface area contributed by atoms with Gasteiger partial charge in [-0.3, -0.25) is 9.69 Å². The average molecular weight is 449 g/mol. The molecule has 7 nitrogen and oxygen atoms in total. The SMILES string of the molecule is COC(=O)N1CC(c2ccc(C(F)(F)F)nc2C)[C@@H]2[C@H]1[C@@H](O)CN2C(=O)c1ccccc1. The quantitative estimate of drug-likeness (QED) is 0.763. The van der Waals surface area contributed by atoms with Gasteiger partial charge in [0, 0.05) is 30.3 Å². The molecule has 0 spiro atoms.